The second-order valence-electron chi connectivity index (χ2n) is 3.94. The monoisotopic (exact) mass is 327 g/mol. The van der Waals surface area contributed by atoms with Crippen LogP contribution in [0.4, 0.5) is 0 Å². The number of nitrogens with zero attached hydrogens (tertiary/aromatic N) is 3. The fourth-order valence-electron chi connectivity index (χ4n) is 1.68. The minimum absolute atomic E-state index is 0.130. The zero-order chi connectivity index (χ0) is 13.7. The fourth-order valence-corrected chi connectivity index (χ4v) is 2.20. The minimum atomic E-state index is 0.130. The molecule has 1 aromatic rings. The molecule has 96 valence electrons. The van der Waals surface area contributed by atoms with Gasteiger partial charge >= 0.3 is 0 Å². The van der Waals surface area contributed by atoms with Crippen molar-refractivity contribution < 1.29 is 0 Å². The predicted molar refractivity (Wildman–Crippen MR) is 78.7 cm³/mol. The molecule has 0 radical (unpaired) electrons. The summed E-state index contributed by atoms with van der Waals surface area (Å²) in [6, 6.07) is 5.96. The Morgan fingerprint density at radius 1 is 1.61 bits per heavy atom. The Morgan fingerprint density at radius 3 is 2.78 bits per heavy atom. The molecule has 0 saturated carbocycles. The first-order valence-electron chi connectivity index (χ1n) is 5.64. The summed E-state index contributed by atoms with van der Waals surface area (Å²) in [7, 11) is 1.94. The van der Waals surface area contributed by atoms with Gasteiger partial charge in [-0.25, -0.2) is 0 Å². The van der Waals surface area contributed by atoms with Crippen LogP contribution in [0.15, 0.2) is 27.7 Å². The van der Waals surface area contributed by atoms with Gasteiger partial charge in [-0.2, -0.15) is 10.3 Å². The number of aliphatic imine (C=N–C) groups is 1. The van der Waals surface area contributed by atoms with Crippen molar-refractivity contribution in [2.45, 2.75) is 26.3 Å². The standard InChI is InChI=1S/C13H15BrClN3/c1-4-13(17-8-16)18(3)9(2)10-5-6-12(15)11(14)7-10/h5-7,9H,4H2,1-3H3/b17-13+. The number of rotatable bonds is 3. The van der Waals surface area contributed by atoms with Crippen LogP contribution in [0.3, 0.4) is 0 Å². The molecule has 1 unspecified atom stereocenters. The van der Waals surface area contributed by atoms with Gasteiger partial charge in [-0.1, -0.05) is 24.6 Å². The summed E-state index contributed by atoms with van der Waals surface area (Å²) in [6.45, 7) is 4.05. The maximum atomic E-state index is 8.66. The first kappa shape index (κ1) is 15.0. The number of halogens is 2. The average Bonchev–Trinajstić information content (AvgIpc) is 2.37. The van der Waals surface area contributed by atoms with E-state index in [1.807, 2.05) is 43.3 Å². The summed E-state index contributed by atoms with van der Waals surface area (Å²) in [5, 5.41) is 9.35. The highest BCUT2D eigenvalue weighted by Gasteiger charge is 2.15. The second kappa shape index (κ2) is 6.77. The van der Waals surface area contributed by atoms with Crippen molar-refractivity contribution in [1.29, 1.82) is 5.26 Å². The Bertz CT molecular complexity index is 493. The van der Waals surface area contributed by atoms with Crippen LogP contribution in [0.1, 0.15) is 31.9 Å². The second-order valence-corrected chi connectivity index (χ2v) is 5.20. The number of benzene rings is 1. The highest BCUT2D eigenvalue weighted by molar-refractivity contribution is 9.10. The van der Waals surface area contributed by atoms with Crippen molar-refractivity contribution in [1.82, 2.24) is 4.90 Å². The molecular formula is C13H15BrClN3. The molecule has 0 aliphatic carbocycles. The zero-order valence-electron chi connectivity index (χ0n) is 10.6. The zero-order valence-corrected chi connectivity index (χ0v) is 13.0. The summed E-state index contributed by atoms with van der Waals surface area (Å²) in [6.07, 6.45) is 2.57. The van der Waals surface area contributed by atoms with Gasteiger partial charge in [0.05, 0.1) is 11.1 Å². The Hall–Kier alpha value is -1.05. The van der Waals surface area contributed by atoms with Crippen LogP contribution < -0.4 is 0 Å². The average molecular weight is 329 g/mol. The van der Waals surface area contributed by atoms with Gasteiger partial charge in [0.25, 0.3) is 0 Å². The quantitative estimate of drug-likeness (QED) is 0.469. The van der Waals surface area contributed by atoms with E-state index >= 15 is 0 Å². The summed E-state index contributed by atoms with van der Waals surface area (Å²) >= 11 is 9.39. The van der Waals surface area contributed by atoms with E-state index in [0.717, 1.165) is 22.3 Å². The molecular weight excluding hydrogens is 314 g/mol. The molecule has 0 spiro atoms. The van der Waals surface area contributed by atoms with Gasteiger partial charge in [0.2, 0.25) is 6.19 Å². The Balaban J connectivity index is 2.99. The Morgan fingerprint density at radius 2 is 2.28 bits per heavy atom. The third-order valence-electron chi connectivity index (χ3n) is 2.91. The molecule has 1 atom stereocenters. The normalized spacial score (nSPS) is 13.0. The molecule has 5 heteroatoms. The van der Waals surface area contributed by atoms with Crippen LogP contribution in [-0.4, -0.2) is 17.8 Å². The smallest absolute Gasteiger partial charge is 0.207 e. The van der Waals surface area contributed by atoms with E-state index in [0.29, 0.717) is 5.02 Å². The van der Waals surface area contributed by atoms with Gasteiger partial charge in [-0.05, 0) is 40.5 Å². The molecule has 0 heterocycles. The summed E-state index contributed by atoms with van der Waals surface area (Å²) < 4.78 is 0.872. The van der Waals surface area contributed by atoms with Crippen molar-refractivity contribution in [3.05, 3.63) is 33.3 Å². The van der Waals surface area contributed by atoms with Crippen LogP contribution in [0.25, 0.3) is 0 Å². The van der Waals surface area contributed by atoms with Gasteiger partial charge < -0.3 is 4.90 Å². The fraction of sp³-hybridized carbons (Fsp3) is 0.385. The largest absolute Gasteiger partial charge is 0.356 e. The first-order chi connectivity index (χ1) is 8.51. The van der Waals surface area contributed by atoms with E-state index in [9.17, 15) is 0 Å². The van der Waals surface area contributed by atoms with Gasteiger partial charge in [0.1, 0.15) is 5.84 Å². The van der Waals surface area contributed by atoms with E-state index in [4.69, 9.17) is 16.9 Å². The van der Waals surface area contributed by atoms with Crippen LogP contribution in [0, 0.1) is 11.5 Å². The molecule has 1 rings (SSSR count). The molecule has 0 N–H and O–H groups in total. The van der Waals surface area contributed by atoms with Gasteiger partial charge in [-0.3, -0.25) is 0 Å². The number of amidine groups is 1. The molecule has 0 aliphatic rings. The SMILES string of the molecule is CC/C(=N\C#N)N(C)C(C)c1ccc(Cl)c(Br)c1. The number of nitriles is 1. The van der Waals surface area contributed by atoms with Crippen LogP contribution >= 0.6 is 27.5 Å². The minimum Gasteiger partial charge on any atom is -0.356 e. The van der Waals surface area contributed by atoms with Crippen molar-refractivity contribution in [3.8, 4) is 6.19 Å². The maximum Gasteiger partial charge on any atom is 0.207 e. The number of hydrogen-bond donors (Lipinski definition) is 0. The van der Waals surface area contributed by atoms with Gasteiger partial charge in [-0.15, -0.1) is 0 Å². The lowest BCUT2D eigenvalue weighted by molar-refractivity contribution is 0.395. The third-order valence-corrected chi connectivity index (χ3v) is 4.12. The topological polar surface area (TPSA) is 39.4 Å². The van der Waals surface area contributed by atoms with Crippen LogP contribution in [0.5, 0.6) is 0 Å². The Labute approximate surface area is 121 Å². The molecule has 3 nitrogen and oxygen atoms in total. The van der Waals surface area contributed by atoms with Crippen LogP contribution in [-0.2, 0) is 0 Å². The molecule has 18 heavy (non-hydrogen) atoms. The lowest BCUT2D eigenvalue weighted by atomic mass is 10.1. The van der Waals surface area contributed by atoms with Crippen molar-refractivity contribution in [2.75, 3.05) is 7.05 Å². The van der Waals surface area contributed by atoms with Crippen LogP contribution in [0.2, 0.25) is 5.02 Å². The summed E-state index contributed by atoms with van der Waals surface area (Å²) in [5.74, 6) is 0.774. The van der Waals surface area contributed by atoms with Crippen molar-refractivity contribution in [3.63, 3.8) is 0 Å². The van der Waals surface area contributed by atoms with E-state index in [1.54, 1.807) is 0 Å². The summed E-state index contributed by atoms with van der Waals surface area (Å²) in [5.41, 5.74) is 1.12. The van der Waals surface area contributed by atoms with Gasteiger partial charge in [0.15, 0.2) is 0 Å². The maximum absolute atomic E-state index is 8.66. The number of hydrogen-bond acceptors (Lipinski definition) is 2. The molecule has 0 fully saturated rings. The molecule has 0 aromatic heterocycles. The Kier molecular flexibility index (Phi) is 5.64. The molecule has 0 bridgehead atoms. The first-order valence-corrected chi connectivity index (χ1v) is 6.81. The van der Waals surface area contributed by atoms with Gasteiger partial charge in [0, 0.05) is 17.9 Å². The lowest BCUT2D eigenvalue weighted by Crippen LogP contribution is -2.29. The summed E-state index contributed by atoms with van der Waals surface area (Å²) in [4.78, 5) is 5.84. The highest BCUT2D eigenvalue weighted by atomic mass is 79.9. The molecule has 0 saturated heterocycles. The van der Waals surface area contributed by atoms with E-state index in [1.165, 1.54) is 0 Å². The van der Waals surface area contributed by atoms with E-state index in [-0.39, 0.29) is 6.04 Å². The van der Waals surface area contributed by atoms with Crippen molar-refractivity contribution in [2.24, 2.45) is 4.99 Å². The van der Waals surface area contributed by atoms with E-state index in [2.05, 4.69) is 27.8 Å². The van der Waals surface area contributed by atoms with Crippen molar-refractivity contribution >= 4 is 33.4 Å². The molecule has 0 amide bonds. The third kappa shape index (κ3) is 3.47. The molecule has 1 aromatic carbocycles. The van der Waals surface area contributed by atoms with E-state index < -0.39 is 0 Å². The predicted octanol–water partition coefficient (Wildman–Crippen LogP) is 4.38. The molecule has 0 aliphatic heterocycles. The highest BCUT2D eigenvalue weighted by Crippen LogP contribution is 2.28. The lowest BCUT2D eigenvalue weighted by Gasteiger charge is -2.27.